The Bertz CT molecular complexity index is 742. The molecule has 0 amide bonds. The number of fused-ring (bicyclic) bond motifs is 1. The number of aromatic nitrogens is 2. The second kappa shape index (κ2) is 7.42. The van der Waals surface area contributed by atoms with Crippen molar-refractivity contribution < 1.29 is 0 Å². The Hall–Kier alpha value is -2.13. The Morgan fingerprint density at radius 2 is 1.61 bits per heavy atom. The standard InChI is InChI=1S/C20H25N3/c1-3-22(4-2)14-15-23-19-13-9-8-12-18(19)21-20(23)16-17-10-6-5-7-11-17/h5-13H,3-4,14-16H2,1-2H3. The van der Waals surface area contributed by atoms with Gasteiger partial charge < -0.3 is 9.47 Å². The van der Waals surface area contributed by atoms with Crippen LogP contribution in [-0.2, 0) is 13.0 Å². The Morgan fingerprint density at radius 3 is 2.35 bits per heavy atom. The lowest BCUT2D eigenvalue weighted by molar-refractivity contribution is 0.291. The summed E-state index contributed by atoms with van der Waals surface area (Å²) in [7, 11) is 0. The van der Waals surface area contributed by atoms with Gasteiger partial charge in [0.1, 0.15) is 5.82 Å². The maximum atomic E-state index is 4.88. The molecule has 3 aromatic rings. The average Bonchev–Trinajstić information content (AvgIpc) is 2.94. The SMILES string of the molecule is CCN(CC)CCn1c(Cc2ccccc2)nc2ccccc21. The number of imidazole rings is 1. The second-order valence-corrected chi connectivity index (χ2v) is 5.86. The lowest BCUT2D eigenvalue weighted by Gasteiger charge is -2.19. The molecule has 2 aromatic carbocycles. The molecule has 120 valence electrons. The third kappa shape index (κ3) is 3.62. The van der Waals surface area contributed by atoms with Gasteiger partial charge in [0.2, 0.25) is 0 Å². The first kappa shape index (κ1) is 15.8. The molecule has 1 aromatic heterocycles. The zero-order valence-corrected chi connectivity index (χ0v) is 14.1. The van der Waals surface area contributed by atoms with Crippen molar-refractivity contribution in [3.05, 3.63) is 66.0 Å². The van der Waals surface area contributed by atoms with Gasteiger partial charge in [-0.15, -0.1) is 0 Å². The fourth-order valence-corrected chi connectivity index (χ4v) is 3.07. The quantitative estimate of drug-likeness (QED) is 0.658. The van der Waals surface area contributed by atoms with Crippen LogP contribution in [-0.4, -0.2) is 34.1 Å². The molecular formula is C20H25N3. The fourth-order valence-electron chi connectivity index (χ4n) is 3.07. The molecule has 0 aliphatic heterocycles. The van der Waals surface area contributed by atoms with Crippen LogP contribution in [0.15, 0.2) is 54.6 Å². The summed E-state index contributed by atoms with van der Waals surface area (Å²) in [4.78, 5) is 7.34. The maximum Gasteiger partial charge on any atom is 0.114 e. The molecule has 0 spiro atoms. The topological polar surface area (TPSA) is 21.1 Å². The van der Waals surface area contributed by atoms with Crippen LogP contribution in [0.25, 0.3) is 11.0 Å². The van der Waals surface area contributed by atoms with Crippen LogP contribution in [0, 0.1) is 0 Å². The van der Waals surface area contributed by atoms with Crippen molar-refractivity contribution in [2.24, 2.45) is 0 Å². The zero-order chi connectivity index (χ0) is 16.1. The van der Waals surface area contributed by atoms with Gasteiger partial charge in [0, 0.05) is 19.5 Å². The van der Waals surface area contributed by atoms with Crippen LogP contribution in [0.4, 0.5) is 0 Å². The van der Waals surface area contributed by atoms with E-state index in [-0.39, 0.29) is 0 Å². The number of hydrogen-bond acceptors (Lipinski definition) is 2. The fraction of sp³-hybridized carbons (Fsp3) is 0.350. The van der Waals surface area contributed by atoms with E-state index in [1.807, 2.05) is 0 Å². The Labute approximate surface area is 138 Å². The molecule has 0 radical (unpaired) electrons. The van der Waals surface area contributed by atoms with Crippen molar-refractivity contribution >= 4 is 11.0 Å². The van der Waals surface area contributed by atoms with Crippen molar-refractivity contribution in [3.63, 3.8) is 0 Å². The lowest BCUT2D eigenvalue weighted by atomic mass is 10.1. The molecule has 0 aliphatic rings. The van der Waals surface area contributed by atoms with Gasteiger partial charge >= 0.3 is 0 Å². The van der Waals surface area contributed by atoms with Crippen molar-refractivity contribution in [2.45, 2.75) is 26.8 Å². The molecule has 0 bridgehead atoms. The van der Waals surface area contributed by atoms with Crippen LogP contribution < -0.4 is 0 Å². The van der Waals surface area contributed by atoms with Crippen LogP contribution in [0.2, 0.25) is 0 Å². The van der Waals surface area contributed by atoms with E-state index in [9.17, 15) is 0 Å². The van der Waals surface area contributed by atoms with E-state index in [2.05, 4.69) is 77.9 Å². The minimum atomic E-state index is 0.883. The third-order valence-electron chi connectivity index (χ3n) is 4.47. The molecule has 0 unspecified atom stereocenters. The van der Waals surface area contributed by atoms with Gasteiger partial charge in [0.25, 0.3) is 0 Å². The molecule has 0 saturated carbocycles. The highest BCUT2D eigenvalue weighted by molar-refractivity contribution is 5.76. The Morgan fingerprint density at radius 1 is 0.913 bits per heavy atom. The number of hydrogen-bond donors (Lipinski definition) is 0. The summed E-state index contributed by atoms with van der Waals surface area (Å²) in [5, 5.41) is 0. The molecule has 0 atom stereocenters. The van der Waals surface area contributed by atoms with Gasteiger partial charge in [0.05, 0.1) is 11.0 Å². The zero-order valence-electron chi connectivity index (χ0n) is 14.1. The average molecular weight is 307 g/mol. The number of likely N-dealkylation sites (N-methyl/N-ethyl adjacent to an activating group) is 1. The molecule has 1 heterocycles. The summed E-state index contributed by atoms with van der Waals surface area (Å²) in [5.41, 5.74) is 3.65. The summed E-state index contributed by atoms with van der Waals surface area (Å²) < 4.78 is 2.39. The van der Waals surface area contributed by atoms with Crippen LogP contribution in [0.3, 0.4) is 0 Å². The maximum absolute atomic E-state index is 4.88. The molecule has 3 heteroatoms. The van der Waals surface area contributed by atoms with Crippen LogP contribution >= 0.6 is 0 Å². The minimum absolute atomic E-state index is 0.883. The van der Waals surface area contributed by atoms with Crippen molar-refractivity contribution in [3.8, 4) is 0 Å². The molecule has 0 N–H and O–H groups in total. The highest BCUT2D eigenvalue weighted by Gasteiger charge is 2.11. The summed E-state index contributed by atoms with van der Waals surface area (Å²) in [6, 6.07) is 19.1. The molecule has 0 saturated heterocycles. The first-order valence-electron chi connectivity index (χ1n) is 8.52. The highest BCUT2D eigenvalue weighted by Crippen LogP contribution is 2.18. The molecular weight excluding hydrogens is 282 g/mol. The Kier molecular flexibility index (Phi) is 5.09. The van der Waals surface area contributed by atoms with E-state index in [1.54, 1.807) is 0 Å². The number of nitrogens with zero attached hydrogens (tertiary/aromatic N) is 3. The van der Waals surface area contributed by atoms with Gasteiger partial charge in [-0.25, -0.2) is 4.98 Å². The smallest absolute Gasteiger partial charge is 0.114 e. The summed E-state index contributed by atoms with van der Waals surface area (Å²) in [6.07, 6.45) is 0.883. The predicted octanol–water partition coefficient (Wildman–Crippen LogP) is 3.97. The van der Waals surface area contributed by atoms with Crippen LogP contribution in [0.1, 0.15) is 25.2 Å². The van der Waals surface area contributed by atoms with Gasteiger partial charge in [-0.05, 0) is 30.8 Å². The van der Waals surface area contributed by atoms with E-state index in [0.29, 0.717) is 0 Å². The number of benzene rings is 2. The van der Waals surface area contributed by atoms with Gasteiger partial charge in [-0.2, -0.15) is 0 Å². The van der Waals surface area contributed by atoms with Crippen molar-refractivity contribution in [1.29, 1.82) is 0 Å². The van der Waals surface area contributed by atoms with Gasteiger partial charge in [0.15, 0.2) is 0 Å². The van der Waals surface area contributed by atoms with Gasteiger partial charge in [-0.1, -0.05) is 56.3 Å². The highest BCUT2D eigenvalue weighted by atomic mass is 15.2. The van der Waals surface area contributed by atoms with E-state index in [4.69, 9.17) is 4.98 Å². The van der Waals surface area contributed by atoms with Crippen molar-refractivity contribution in [2.75, 3.05) is 19.6 Å². The first-order valence-corrected chi connectivity index (χ1v) is 8.52. The van der Waals surface area contributed by atoms with Crippen LogP contribution in [0.5, 0.6) is 0 Å². The van der Waals surface area contributed by atoms with Gasteiger partial charge in [-0.3, -0.25) is 0 Å². The van der Waals surface area contributed by atoms with E-state index >= 15 is 0 Å². The summed E-state index contributed by atoms with van der Waals surface area (Å²) >= 11 is 0. The van der Waals surface area contributed by atoms with E-state index < -0.39 is 0 Å². The predicted molar refractivity (Wildman–Crippen MR) is 96.8 cm³/mol. The lowest BCUT2D eigenvalue weighted by Crippen LogP contribution is -2.27. The second-order valence-electron chi connectivity index (χ2n) is 5.86. The summed E-state index contributed by atoms with van der Waals surface area (Å²) in [6.45, 7) is 8.69. The first-order chi connectivity index (χ1) is 11.3. The molecule has 0 fully saturated rings. The number of rotatable bonds is 7. The number of para-hydroxylation sites is 2. The largest absolute Gasteiger partial charge is 0.326 e. The summed E-state index contributed by atoms with van der Waals surface area (Å²) in [5.74, 6) is 1.16. The van der Waals surface area contributed by atoms with E-state index in [1.165, 1.54) is 11.1 Å². The molecule has 0 aliphatic carbocycles. The third-order valence-corrected chi connectivity index (χ3v) is 4.47. The molecule has 3 rings (SSSR count). The monoisotopic (exact) mass is 307 g/mol. The van der Waals surface area contributed by atoms with E-state index in [0.717, 1.165) is 43.9 Å². The molecule has 3 nitrogen and oxygen atoms in total. The Balaban J connectivity index is 1.91. The molecule has 23 heavy (non-hydrogen) atoms. The normalized spacial score (nSPS) is 11.4. The van der Waals surface area contributed by atoms with Crippen molar-refractivity contribution in [1.82, 2.24) is 14.5 Å². The minimum Gasteiger partial charge on any atom is -0.326 e.